The zero-order valence-electron chi connectivity index (χ0n) is 15.9. The van der Waals surface area contributed by atoms with Gasteiger partial charge < -0.3 is 9.64 Å². The van der Waals surface area contributed by atoms with Crippen molar-refractivity contribution in [3.63, 3.8) is 0 Å². The first-order valence-corrected chi connectivity index (χ1v) is 11.2. The number of para-hydroxylation sites is 1. The fraction of sp³-hybridized carbons (Fsp3) is 0.350. The third-order valence-corrected chi connectivity index (χ3v) is 6.25. The molecule has 0 spiro atoms. The van der Waals surface area contributed by atoms with Crippen LogP contribution in [0.25, 0.3) is 0 Å². The summed E-state index contributed by atoms with van der Waals surface area (Å²) in [6.45, 7) is 0.866. The minimum atomic E-state index is -3.51. The predicted molar refractivity (Wildman–Crippen MR) is 112 cm³/mol. The number of halogens is 1. The molecule has 0 saturated carbocycles. The number of carbonyl (C=O) groups is 1. The van der Waals surface area contributed by atoms with E-state index < -0.39 is 10.0 Å². The molecule has 0 unspecified atom stereocenters. The van der Waals surface area contributed by atoms with Crippen molar-refractivity contribution in [2.75, 3.05) is 35.7 Å². The standard InChI is InChI=1S/C20H23ClN2O4S/c1-27-19-10-9-16(14-17(19)21)23(28(2,25)26)12-5-8-20(24)22-13-11-15-6-3-4-7-18(15)22/h3-4,6-7,9-10,14H,5,8,11-13H2,1-2H3. The van der Waals surface area contributed by atoms with E-state index in [-0.39, 0.29) is 18.9 Å². The van der Waals surface area contributed by atoms with Crippen molar-refractivity contribution in [3.8, 4) is 5.75 Å². The van der Waals surface area contributed by atoms with E-state index in [1.807, 2.05) is 24.3 Å². The molecule has 150 valence electrons. The first-order valence-electron chi connectivity index (χ1n) is 9.01. The molecule has 1 amide bonds. The molecule has 0 saturated heterocycles. The van der Waals surface area contributed by atoms with Gasteiger partial charge in [-0.2, -0.15) is 0 Å². The minimum absolute atomic E-state index is 0.00571. The molecule has 0 radical (unpaired) electrons. The largest absolute Gasteiger partial charge is 0.495 e. The van der Waals surface area contributed by atoms with Crippen molar-refractivity contribution in [1.29, 1.82) is 0 Å². The Morgan fingerprint density at radius 2 is 2.00 bits per heavy atom. The Morgan fingerprint density at radius 3 is 2.68 bits per heavy atom. The molecule has 0 fully saturated rings. The maximum atomic E-state index is 12.6. The van der Waals surface area contributed by atoms with Crippen LogP contribution in [0, 0.1) is 0 Å². The van der Waals surface area contributed by atoms with Crippen LogP contribution in [0.4, 0.5) is 11.4 Å². The molecular weight excluding hydrogens is 400 g/mol. The van der Waals surface area contributed by atoms with E-state index in [1.54, 1.807) is 23.1 Å². The van der Waals surface area contributed by atoms with Crippen molar-refractivity contribution in [1.82, 2.24) is 0 Å². The lowest BCUT2D eigenvalue weighted by atomic mass is 10.2. The Labute approximate surface area is 170 Å². The highest BCUT2D eigenvalue weighted by Crippen LogP contribution is 2.31. The molecule has 1 aliphatic rings. The predicted octanol–water partition coefficient (Wildman–Crippen LogP) is 3.48. The molecule has 2 aromatic carbocycles. The van der Waals surface area contributed by atoms with Crippen molar-refractivity contribution in [2.45, 2.75) is 19.3 Å². The van der Waals surface area contributed by atoms with Gasteiger partial charge in [-0.3, -0.25) is 9.10 Å². The molecule has 1 heterocycles. The van der Waals surface area contributed by atoms with Gasteiger partial charge in [-0.15, -0.1) is 0 Å². The Morgan fingerprint density at radius 1 is 1.25 bits per heavy atom. The molecule has 2 aromatic rings. The number of hydrogen-bond donors (Lipinski definition) is 0. The van der Waals surface area contributed by atoms with Gasteiger partial charge in [-0.1, -0.05) is 29.8 Å². The number of carbonyl (C=O) groups excluding carboxylic acids is 1. The van der Waals surface area contributed by atoms with Gasteiger partial charge in [0.15, 0.2) is 0 Å². The first-order chi connectivity index (χ1) is 13.3. The molecule has 0 atom stereocenters. The number of fused-ring (bicyclic) bond motifs is 1. The van der Waals surface area contributed by atoms with Gasteiger partial charge in [-0.05, 0) is 42.7 Å². The van der Waals surface area contributed by atoms with E-state index in [2.05, 4.69) is 0 Å². The smallest absolute Gasteiger partial charge is 0.232 e. The number of hydrogen-bond acceptors (Lipinski definition) is 4. The number of methoxy groups -OCH3 is 1. The van der Waals surface area contributed by atoms with E-state index in [0.29, 0.717) is 29.4 Å². The zero-order valence-corrected chi connectivity index (χ0v) is 17.5. The second-order valence-electron chi connectivity index (χ2n) is 6.68. The van der Waals surface area contributed by atoms with E-state index in [9.17, 15) is 13.2 Å². The number of rotatable bonds is 7. The number of ether oxygens (including phenoxy) is 1. The Hall–Kier alpha value is -2.25. The Balaban J connectivity index is 1.67. The van der Waals surface area contributed by atoms with Crippen LogP contribution in [-0.4, -0.2) is 40.8 Å². The van der Waals surface area contributed by atoms with Crippen LogP contribution in [0.1, 0.15) is 18.4 Å². The van der Waals surface area contributed by atoms with E-state index in [0.717, 1.165) is 18.4 Å². The second kappa shape index (κ2) is 8.41. The third-order valence-electron chi connectivity index (χ3n) is 4.76. The summed E-state index contributed by atoms with van der Waals surface area (Å²) < 4.78 is 30.9. The van der Waals surface area contributed by atoms with Crippen LogP contribution in [0.5, 0.6) is 5.75 Å². The molecule has 1 aliphatic heterocycles. The maximum absolute atomic E-state index is 12.6. The van der Waals surface area contributed by atoms with Crippen molar-refractivity contribution < 1.29 is 17.9 Å². The molecule has 0 aromatic heterocycles. The molecule has 28 heavy (non-hydrogen) atoms. The zero-order chi connectivity index (χ0) is 20.3. The van der Waals surface area contributed by atoms with Crippen LogP contribution in [-0.2, 0) is 21.2 Å². The fourth-order valence-corrected chi connectivity index (χ4v) is 4.61. The number of anilines is 2. The number of benzene rings is 2. The van der Waals surface area contributed by atoms with Gasteiger partial charge in [0.25, 0.3) is 0 Å². The highest BCUT2D eigenvalue weighted by molar-refractivity contribution is 7.92. The fourth-order valence-electron chi connectivity index (χ4n) is 3.40. The average molecular weight is 423 g/mol. The molecule has 8 heteroatoms. The molecule has 0 N–H and O–H groups in total. The maximum Gasteiger partial charge on any atom is 0.232 e. The topological polar surface area (TPSA) is 66.9 Å². The summed E-state index contributed by atoms with van der Waals surface area (Å²) in [5, 5.41) is 0.332. The second-order valence-corrected chi connectivity index (χ2v) is 9.00. The van der Waals surface area contributed by atoms with Crippen LogP contribution < -0.4 is 13.9 Å². The van der Waals surface area contributed by atoms with Crippen LogP contribution in [0.2, 0.25) is 5.02 Å². The highest BCUT2D eigenvalue weighted by Gasteiger charge is 2.24. The summed E-state index contributed by atoms with van der Waals surface area (Å²) in [5.41, 5.74) is 2.57. The summed E-state index contributed by atoms with van der Waals surface area (Å²) in [5.74, 6) is 0.480. The van der Waals surface area contributed by atoms with E-state index in [4.69, 9.17) is 16.3 Å². The van der Waals surface area contributed by atoms with Crippen LogP contribution in [0.3, 0.4) is 0 Å². The van der Waals surface area contributed by atoms with Crippen molar-refractivity contribution in [3.05, 3.63) is 53.1 Å². The van der Waals surface area contributed by atoms with E-state index in [1.165, 1.54) is 17.0 Å². The van der Waals surface area contributed by atoms with Gasteiger partial charge in [0.2, 0.25) is 15.9 Å². The highest BCUT2D eigenvalue weighted by atomic mass is 35.5. The van der Waals surface area contributed by atoms with Gasteiger partial charge >= 0.3 is 0 Å². The van der Waals surface area contributed by atoms with Gasteiger partial charge in [0.05, 0.1) is 24.1 Å². The quantitative estimate of drug-likeness (QED) is 0.685. The van der Waals surface area contributed by atoms with E-state index >= 15 is 0 Å². The molecule has 0 bridgehead atoms. The monoisotopic (exact) mass is 422 g/mol. The lowest BCUT2D eigenvalue weighted by molar-refractivity contribution is -0.118. The summed E-state index contributed by atoms with van der Waals surface area (Å²) in [7, 11) is -2.01. The van der Waals surface area contributed by atoms with Gasteiger partial charge in [-0.25, -0.2) is 8.42 Å². The molecular formula is C20H23ClN2O4S. The lowest BCUT2D eigenvalue weighted by Gasteiger charge is -2.23. The average Bonchev–Trinajstić information content (AvgIpc) is 3.08. The number of nitrogens with zero attached hydrogens (tertiary/aromatic N) is 2. The van der Waals surface area contributed by atoms with Gasteiger partial charge in [0, 0.05) is 25.2 Å². The van der Waals surface area contributed by atoms with Crippen molar-refractivity contribution in [2.24, 2.45) is 0 Å². The first kappa shape index (κ1) is 20.5. The summed E-state index contributed by atoms with van der Waals surface area (Å²) in [4.78, 5) is 14.4. The minimum Gasteiger partial charge on any atom is -0.495 e. The molecule has 0 aliphatic carbocycles. The van der Waals surface area contributed by atoms with Crippen LogP contribution >= 0.6 is 11.6 Å². The number of sulfonamides is 1. The Kier molecular flexibility index (Phi) is 6.15. The third kappa shape index (κ3) is 4.42. The molecule has 3 rings (SSSR count). The summed E-state index contributed by atoms with van der Waals surface area (Å²) in [6.07, 6.45) is 2.67. The van der Waals surface area contributed by atoms with Crippen LogP contribution in [0.15, 0.2) is 42.5 Å². The normalized spacial score (nSPS) is 13.3. The Bertz CT molecular complexity index is 978. The van der Waals surface area contributed by atoms with Crippen molar-refractivity contribution >= 4 is 38.9 Å². The molecule has 6 nitrogen and oxygen atoms in total. The number of amides is 1. The SMILES string of the molecule is COc1ccc(N(CCCC(=O)N2CCc3ccccc32)S(C)(=O)=O)cc1Cl. The lowest BCUT2D eigenvalue weighted by Crippen LogP contribution is -2.33. The summed E-state index contributed by atoms with van der Waals surface area (Å²) in [6, 6.07) is 12.7. The van der Waals surface area contributed by atoms with Gasteiger partial charge in [0.1, 0.15) is 5.75 Å². The summed E-state index contributed by atoms with van der Waals surface area (Å²) >= 11 is 6.13.